The second kappa shape index (κ2) is 3.18. The number of aromatic nitrogens is 2. The molecule has 0 amide bonds. The highest BCUT2D eigenvalue weighted by Crippen LogP contribution is 2.21. The van der Waals surface area contributed by atoms with Crippen LogP contribution in [0.1, 0.15) is 35.1 Å². The number of nitrogens with one attached hydrogen (secondary N) is 2. The van der Waals surface area contributed by atoms with Crippen molar-refractivity contribution >= 4 is 5.97 Å². The second-order valence-corrected chi connectivity index (χ2v) is 3.16. The summed E-state index contributed by atoms with van der Waals surface area (Å²) in [6.45, 7) is 0.992. The molecule has 1 aliphatic rings. The van der Waals surface area contributed by atoms with Crippen molar-refractivity contribution in [3.63, 3.8) is 0 Å². The third kappa shape index (κ3) is 1.55. The van der Waals surface area contributed by atoms with E-state index in [1.54, 1.807) is 6.07 Å². The van der Waals surface area contributed by atoms with E-state index in [9.17, 15) is 4.79 Å². The molecule has 5 nitrogen and oxygen atoms in total. The standard InChI is InChI=1S/C8H11N3O2/c12-8(13)7-4-6(10-11-7)5-2-1-3-9-5/h4-5,9H,1-3H2,(H,10,11)(H,12,13). The first-order valence-corrected chi connectivity index (χ1v) is 4.29. The van der Waals surface area contributed by atoms with E-state index < -0.39 is 5.97 Å². The van der Waals surface area contributed by atoms with Crippen LogP contribution in [0.5, 0.6) is 0 Å². The van der Waals surface area contributed by atoms with Crippen molar-refractivity contribution in [2.24, 2.45) is 0 Å². The fraction of sp³-hybridized carbons (Fsp3) is 0.500. The Kier molecular flexibility index (Phi) is 2.02. The summed E-state index contributed by atoms with van der Waals surface area (Å²) in [4.78, 5) is 10.5. The van der Waals surface area contributed by atoms with Gasteiger partial charge in [0.05, 0.1) is 5.69 Å². The Balaban J connectivity index is 2.16. The molecule has 1 aromatic heterocycles. The number of H-pyrrole nitrogens is 1. The normalized spacial score (nSPS) is 22.0. The third-order valence-corrected chi connectivity index (χ3v) is 2.25. The highest BCUT2D eigenvalue weighted by Gasteiger charge is 2.19. The minimum Gasteiger partial charge on any atom is -0.476 e. The van der Waals surface area contributed by atoms with Crippen LogP contribution in [0.25, 0.3) is 0 Å². The molecule has 1 aliphatic heterocycles. The van der Waals surface area contributed by atoms with Gasteiger partial charge in [-0.15, -0.1) is 0 Å². The van der Waals surface area contributed by atoms with Gasteiger partial charge in [0, 0.05) is 6.04 Å². The van der Waals surface area contributed by atoms with Gasteiger partial charge in [-0.2, -0.15) is 5.10 Å². The predicted molar refractivity (Wildman–Crippen MR) is 45.5 cm³/mol. The molecule has 1 atom stereocenters. The molecule has 1 saturated heterocycles. The van der Waals surface area contributed by atoms with E-state index in [0.717, 1.165) is 25.1 Å². The number of aromatic amines is 1. The molecule has 1 aromatic rings. The largest absolute Gasteiger partial charge is 0.476 e. The van der Waals surface area contributed by atoms with E-state index in [1.807, 2.05) is 0 Å². The summed E-state index contributed by atoms with van der Waals surface area (Å²) in [5.41, 5.74) is 0.957. The lowest BCUT2D eigenvalue weighted by molar-refractivity contribution is 0.0690. The second-order valence-electron chi connectivity index (χ2n) is 3.16. The zero-order valence-electron chi connectivity index (χ0n) is 7.08. The molecule has 0 aliphatic carbocycles. The minimum absolute atomic E-state index is 0.0868. The van der Waals surface area contributed by atoms with Crippen LogP contribution in [0.3, 0.4) is 0 Å². The lowest BCUT2D eigenvalue weighted by Crippen LogP contribution is -2.13. The van der Waals surface area contributed by atoms with Crippen LogP contribution in [-0.4, -0.2) is 27.8 Å². The third-order valence-electron chi connectivity index (χ3n) is 2.25. The molecule has 2 rings (SSSR count). The van der Waals surface area contributed by atoms with Crippen molar-refractivity contribution in [2.45, 2.75) is 18.9 Å². The van der Waals surface area contributed by atoms with Gasteiger partial charge in [0.2, 0.25) is 0 Å². The first-order valence-electron chi connectivity index (χ1n) is 4.29. The number of aromatic carboxylic acids is 1. The molecule has 1 fully saturated rings. The van der Waals surface area contributed by atoms with Gasteiger partial charge in [-0.1, -0.05) is 0 Å². The van der Waals surface area contributed by atoms with Gasteiger partial charge in [0.25, 0.3) is 0 Å². The summed E-state index contributed by atoms with van der Waals surface area (Å²) in [6.07, 6.45) is 2.17. The van der Waals surface area contributed by atoms with Crippen LogP contribution in [0.4, 0.5) is 0 Å². The maximum Gasteiger partial charge on any atom is 0.356 e. The molecule has 70 valence electrons. The Labute approximate surface area is 75.2 Å². The molecule has 0 bridgehead atoms. The summed E-state index contributed by atoms with van der Waals surface area (Å²) in [5.74, 6) is -0.986. The lowest BCUT2D eigenvalue weighted by Gasteiger charge is -2.04. The van der Waals surface area contributed by atoms with Crippen molar-refractivity contribution in [1.29, 1.82) is 0 Å². The number of hydrogen-bond acceptors (Lipinski definition) is 3. The monoisotopic (exact) mass is 181 g/mol. The summed E-state index contributed by atoms with van der Waals surface area (Å²) >= 11 is 0. The van der Waals surface area contributed by atoms with Gasteiger partial charge >= 0.3 is 5.97 Å². The van der Waals surface area contributed by atoms with Gasteiger partial charge in [0.1, 0.15) is 0 Å². The smallest absolute Gasteiger partial charge is 0.356 e. The predicted octanol–water partition coefficient (Wildman–Crippen LogP) is 0.532. The Morgan fingerprint density at radius 2 is 2.54 bits per heavy atom. The molecule has 0 saturated carbocycles. The molecule has 0 aromatic carbocycles. The van der Waals surface area contributed by atoms with Crippen molar-refractivity contribution in [1.82, 2.24) is 15.5 Å². The molecule has 0 spiro atoms. The Morgan fingerprint density at radius 3 is 3.08 bits per heavy atom. The first-order chi connectivity index (χ1) is 6.27. The quantitative estimate of drug-likeness (QED) is 0.622. The molecule has 3 N–H and O–H groups in total. The maximum absolute atomic E-state index is 10.5. The summed E-state index contributed by atoms with van der Waals surface area (Å²) in [5, 5.41) is 18.3. The number of carbonyl (C=O) groups is 1. The van der Waals surface area contributed by atoms with Crippen molar-refractivity contribution < 1.29 is 9.90 Å². The fourth-order valence-corrected chi connectivity index (χ4v) is 1.57. The summed E-state index contributed by atoms with van der Waals surface area (Å²) < 4.78 is 0. The van der Waals surface area contributed by atoms with Gasteiger partial charge in [0.15, 0.2) is 5.69 Å². The number of carboxylic acid groups (broad SMARTS) is 1. The molecular weight excluding hydrogens is 170 g/mol. The van der Waals surface area contributed by atoms with E-state index in [1.165, 1.54) is 0 Å². The van der Waals surface area contributed by atoms with Gasteiger partial charge in [-0.05, 0) is 25.5 Å². The molecule has 13 heavy (non-hydrogen) atoms. The Hall–Kier alpha value is -1.36. The van der Waals surface area contributed by atoms with Crippen LogP contribution in [0.15, 0.2) is 6.07 Å². The average molecular weight is 181 g/mol. The minimum atomic E-state index is -0.986. The average Bonchev–Trinajstić information content (AvgIpc) is 2.75. The zero-order valence-corrected chi connectivity index (χ0v) is 7.08. The lowest BCUT2D eigenvalue weighted by atomic mass is 10.1. The van der Waals surface area contributed by atoms with Gasteiger partial charge < -0.3 is 10.4 Å². The first kappa shape index (κ1) is 8.25. The van der Waals surface area contributed by atoms with Crippen LogP contribution in [0, 0.1) is 0 Å². The van der Waals surface area contributed by atoms with Gasteiger partial charge in [-0.25, -0.2) is 4.79 Å². The van der Waals surface area contributed by atoms with Crippen LogP contribution in [-0.2, 0) is 0 Å². The van der Waals surface area contributed by atoms with Crippen LogP contribution < -0.4 is 5.32 Å². The maximum atomic E-state index is 10.5. The van der Waals surface area contributed by atoms with Crippen LogP contribution >= 0.6 is 0 Å². The number of rotatable bonds is 2. The van der Waals surface area contributed by atoms with E-state index in [-0.39, 0.29) is 11.7 Å². The van der Waals surface area contributed by atoms with Crippen molar-refractivity contribution in [3.8, 4) is 0 Å². The van der Waals surface area contributed by atoms with E-state index in [0.29, 0.717) is 0 Å². The van der Waals surface area contributed by atoms with Crippen molar-refractivity contribution in [2.75, 3.05) is 6.54 Å². The summed E-state index contributed by atoms with van der Waals surface area (Å²) in [6, 6.07) is 1.84. The Bertz CT molecular complexity index is 315. The SMILES string of the molecule is O=C(O)c1cc(C2CCCN2)[nH]n1. The van der Waals surface area contributed by atoms with E-state index in [4.69, 9.17) is 5.11 Å². The molecule has 0 radical (unpaired) electrons. The number of hydrogen-bond donors (Lipinski definition) is 3. The van der Waals surface area contributed by atoms with Crippen LogP contribution in [0.2, 0.25) is 0 Å². The topological polar surface area (TPSA) is 78.0 Å². The van der Waals surface area contributed by atoms with Crippen molar-refractivity contribution in [3.05, 3.63) is 17.5 Å². The highest BCUT2D eigenvalue weighted by atomic mass is 16.4. The fourth-order valence-electron chi connectivity index (χ4n) is 1.57. The van der Waals surface area contributed by atoms with Gasteiger partial charge in [-0.3, -0.25) is 5.10 Å². The summed E-state index contributed by atoms with van der Waals surface area (Å²) in [7, 11) is 0. The number of carboxylic acids is 1. The van der Waals surface area contributed by atoms with E-state index >= 15 is 0 Å². The molecular formula is C8H11N3O2. The highest BCUT2D eigenvalue weighted by molar-refractivity contribution is 5.85. The molecule has 5 heteroatoms. The molecule has 2 heterocycles. The zero-order chi connectivity index (χ0) is 9.26. The van der Waals surface area contributed by atoms with E-state index in [2.05, 4.69) is 15.5 Å². The Morgan fingerprint density at radius 1 is 1.69 bits per heavy atom. The molecule has 1 unspecified atom stereocenters. The number of nitrogens with zero attached hydrogens (tertiary/aromatic N) is 1.